The third kappa shape index (κ3) is 4.08. The van der Waals surface area contributed by atoms with E-state index in [4.69, 9.17) is 17.1 Å². The normalized spacial score (nSPS) is 23.0. The van der Waals surface area contributed by atoms with Gasteiger partial charge in [0.2, 0.25) is 11.8 Å². The van der Waals surface area contributed by atoms with E-state index in [2.05, 4.69) is 0 Å². The molecule has 166 valence electrons. The summed E-state index contributed by atoms with van der Waals surface area (Å²) >= 11 is 5.68. The lowest BCUT2D eigenvalue weighted by Gasteiger charge is -2.29. The molecule has 0 aliphatic carbocycles. The third-order valence-corrected chi connectivity index (χ3v) is 5.35. The quantitative estimate of drug-likeness (QED) is 0.663. The van der Waals surface area contributed by atoms with Crippen LogP contribution in [-0.2, 0) is 33.3 Å². The van der Waals surface area contributed by atoms with E-state index >= 15 is 0 Å². The molecule has 1 atom stereocenters. The zero-order valence-corrected chi connectivity index (χ0v) is 17.1. The first-order chi connectivity index (χ1) is 16.7. The lowest BCUT2D eigenvalue weighted by Crippen LogP contribution is -2.52. The van der Waals surface area contributed by atoms with Gasteiger partial charge in [-0.25, -0.2) is 0 Å². The van der Waals surface area contributed by atoms with E-state index in [-0.39, 0.29) is 41.1 Å². The van der Waals surface area contributed by atoms with Crippen LogP contribution in [0.1, 0.15) is 44.0 Å². The number of nitrogens with zero attached hydrogens (tertiary/aromatic N) is 1. The van der Waals surface area contributed by atoms with E-state index in [0.717, 1.165) is 41.3 Å². The second-order valence-electron chi connectivity index (χ2n) is 7.20. The van der Waals surface area contributed by atoms with Gasteiger partial charge in [-0.05, 0) is 35.7 Å². The van der Waals surface area contributed by atoms with Gasteiger partial charge in [0.25, 0.3) is 11.8 Å². The largest absolute Gasteiger partial charge is 0.349 e. The zero-order chi connectivity index (χ0) is 26.6. The molecule has 2 heterocycles. The van der Waals surface area contributed by atoms with Gasteiger partial charge >= 0.3 is 5.92 Å². The molecule has 2 aliphatic heterocycles. The summed E-state index contributed by atoms with van der Waals surface area (Å²) in [5.74, 6) is -8.60. The number of carbonyl (C=O) groups is 4. The Balaban J connectivity index is 1.60. The van der Waals surface area contributed by atoms with Crippen LogP contribution in [0.4, 0.5) is 8.78 Å². The molecular formula is C22H18ClF2N3O4. The minimum absolute atomic E-state index is 0.0419. The van der Waals surface area contributed by atoms with Crippen molar-refractivity contribution in [1.82, 2.24) is 15.5 Å². The van der Waals surface area contributed by atoms with E-state index in [9.17, 15) is 28.0 Å². The lowest BCUT2D eigenvalue weighted by molar-refractivity contribution is -0.147. The number of imide groups is 1. The van der Waals surface area contributed by atoms with Gasteiger partial charge in [0, 0.05) is 35.6 Å². The highest BCUT2D eigenvalue weighted by atomic mass is 35.5. The average molecular weight is 466 g/mol. The van der Waals surface area contributed by atoms with Crippen molar-refractivity contribution in [2.24, 2.45) is 0 Å². The lowest BCUT2D eigenvalue weighted by atomic mass is 10.0. The maximum absolute atomic E-state index is 14.8. The fourth-order valence-electron chi connectivity index (χ4n) is 3.44. The average Bonchev–Trinajstić information content (AvgIpc) is 3.17. The van der Waals surface area contributed by atoms with Gasteiger partial charge < -0.3 is 10.2 Å². The van der Waals surface area contributed by atoms with E-state index < -0.39 is 52.9 Å². The summed E-state index contributed by atoms with van der Waals surface area (Å²) in [5.41, 5.74) is -0.929. The fraction of sp³-hybridized carbons (Fsp3) is 0.273. The van der Waals surface area contributed by atoms with E-state index in [1.807, 2.05) is 5.32 Å². The highest BCUT2D eigenvalue weighted by molar-refractivity contribution is 6.30. The fourth-order valence-corrected chi connectivity index (χ4v) is 3.57. The minimum atomic E-state index is -4.23. The molecule has 2 N–H and O–H groups in total. The maximum Gasteiger partial charge on any atom is 0.349 e. The van der Waals surface area contributed by atoms with Crippen LogP contribution in [-0.4, -0.2) is 34.5 Å². The number of piperidine rings is 1. The molecule has 0 saturated carbocycles. The molecule has 2 aliphatic rings. The van der Waals surface area contributed by atoms with E-state index in [0.29, 0.717) is 0 Å². The van der Waals surface area contributed by atoms with Crippen LogP contribution in [0.2, 0.25) is 6.43 Å². The summed E-state index contributed by atoms with van der Waals surface area (Å²) in [5, 5.41) is 1.70. The van der Waals surface area contributed by atoms with E-state index in [1.54, 1.807) is 0 Å². The van der Waals surface area contributed by atoms with E-state index in [1.165, 1.54) is 6.07 Å². The van der Waals surface area contributed by atoms with Crippen LogP contribution in [0, 0.1) is 0 Å². The Labute approximate surface area is 192 Å². The van der Waals surface area contributed by atoms with Crippen molar-refractivity contribution in [3.8, 4) is 0 Å². The number of fused-ring (bicyclic) bond motifs is 1. The van der Waals surface area contributed by atoms with Crippen LogP contribution < -0.4 is 10.6 Å². The first-order valence-electron chi connectivity index (χ1n) is 11.4. The molecule has 0 unspecified atom stereocenters. The number of rotatable bonds is 5. The summed E-state index contributed by atoms with van der Waals surface area (Å²) in [6.45, 7) is -3.33. The van der Waals surface area contributed by atoms with Gasteiger partial charge in [0.15, 0.2) is 1.41 Å². The molecule has 1 fully saturated rings. The predicted molar refractivity (Wildman–Crippen MR) is 110 cm³/mol. The molecule has 0 aromatic heterocycles. The molecule has 1 saturated heterocycles. The summed E-state index contributed by atoms with van der Waals surface area (Å²) in [7, 11) is 0. The highest BCUT2D eigenvalue weighted by Crippen LogP contribution is 2.30. The molecule has 32 heavy (non-hydrogen) atoms. The van der Waals surface area contributed by atoms with Gasteiger partial charge in [-0.15, -0.1) is 0 Å². The Kier molecular flexibility index (Phi) is 4.48. The third-order valence-electron chi connectivity index (χ3n) is 5.10. The zero-order valence-electron chi connectivity index (χ0n) is 20.3. The smallest absolute Gasteiger partial charge is 0.346 e. The molecule has 0 spiro atoms. The Morgan fingerprint density at radius 2 is 2.00 bits per heavy atom. The van der Waals surface area contributed by atoms with Gasteiger partial charge in [-0.3, -0.25) is 24.5 Å². The SMILES string of the molecule is [2H]N(C(=O)C(F)(F)c1ccc(Cl)cc1)C([2H])([2H])c1ccc2c(c1)CN([C@@]1([2H])CCC(=O)NC1=O)C2=O. The van der Waals surface area contributed by atoms with Gasteiger partial charge in [0.05, 0.1) is 4.11 Å². The molecule has 4 amide bonds. The van der Waals surface area contributed by atoms with Gasteiger partial charge in [-0.2, -0.15) is 8.78 Å². The topological polar surface area (TPSA) is 95.6 Å². The highest BCUT2D eigenvalue weighted by Gasteiger charge is 2.41. The summed E-state index contributed by atoms with van der Waals surface area (Å²) in [6, 6.07) is 5.35. The Bertz CT molecular complexity index is 1290. The number of hydrogen-bond acceptors (Lipinski definition) is 4. The van der Waals surface area contributed by atoms with Crippen LogP contribution in [0.15, 0.2) is 42.5 Å². The maximum atomic E-state index is 14.8. The first kappa shape index (κ1) is 17.3. The molecule has 4 rings (SSSR count). The number of halogens is 3. The second-order valence-corrected chi connectivity index (χ2v) is 7.63. The van der Waals surface area contributed by atoms with Crippen molar-refractivity contribution in [2.45, 2.75) is 37.8 Å². The van der Waals surface area contributed by atoms with Crippen LogP contribution in [0.25, 0.3) is 0 Å². The number of amides is 4. The molecular weight excluding hydrogens is 444 g/mol. The minimum Gasteiger partial charge on any atom is -0.346 e. The number of nitrogens with one attached hydrogen (secondary N) is 2. The summed E-state index contributed by atoms with van der Waals surface area (Å²) < 4.78 is 62.3. The molecule has 2 aromatic carbocycles. The predicted octanol–water partition coefficient (Wildman–Crippen LogP) is 2.51. The van der Waals surface area contributed by atoms with Crippen molar-refractivity contribution >= 4 is 35.2 Å². The van der Waals surface area contributed by atoms with Crippen LogP contribution in [0.3, 0.4) is 0 Å². The molecule has 0 bridgehead atoms. The number of alkyl halides is 2. The molecule has 10 heteroatoms. The number of benzene rings is 2. The van der Waals surface area contributed by atoms with Crippen molar-refractivity contribution in [3.63, 3.8) is 0 Å². The monoisotopic (exact) mass is 465 g/mol. The van der Waals surface area contributed by atoms with Crippen LogP contribution >= 0.6 is 11.6 Å². The summed E-state index contributed by atoms with van der Waals surface area (Å²) in [4.78, 5) is 50.0. The molecule has 7 nitrogen and oxygen atoms in total. The Morgan fingerprint density at radius 3 is 2.69 bits per heavy atom. The van der Waals surface area contributed by atoms with Crippen LogP contribution in [0.5, 0.6) is 0 Å². The standard InChI is InChI=1S/C22H18ClF2N3O4/c23-15-4-2-14(3-5-15)22(24,25)21(32)26-10-12-1-6-16-13(9-12)11-28(20(16)31)17-7-8-18(29)27-19(17)30/h1-6,9,17H,7-8,10-11H2,(H,26,32)(H,27,29,30)/t17-/m0/s1/i10D2,17D/hD. The molecule has 2 aromatic rings. The number of carbonyl (C=O) groups excluding carboxylic acids is 4. The Hall–Kier alpha value is -3.33. The second kappa shape index (κ2) is 8.31. The van der Waals surface area contributed by atoms with Crippen molar-refractivity contribution in [1.29, 1.82) is 0 Å². The summed E-state index contributed by atoms with van der Waals surface area (Å²) in [6.07, 6.45) is -0.388. The molecule has 0 radical (unpaired) electrons. The van der Waals surface area contributed by atoms with Crippen molar-refractivity contribution < 1.29 is 33.5 Å². The van der Waals surface area contributed by atoms with Crippen molar-refractivity contribution in [3.05, 3.63) is 69.7 Å². The number of hydrogen-bond donors (Lipinski definition) is 2. The van der Waals surface area contributed by atoms with Gasteiger partial charge in [0.1, 0.15) is 6.02 Å². The van der Waals surface area contributed by atoms with Crippen molar-refractivity contribution in [2.75, 3.05) is 0 Å². The first-order valence-corrected chi connectivity index (χ1v) is 9.84. The Morgan fingerprint density at radius 1 is 1.28 bits per heavy atom. The van der Waals surface area contributed by atoms with Gasteiger partial charge in [-0.1, -0.05) is 35.9 Å².